The molecule has 0 aromatic carbocycles. The molecule has 0 spiro atoms. The Balaban J connectivity index is 2.71. The van der Waals surface area contributed by atoms with Crippen molar-refractivity contribution in [2.24, 2.45) is 0 Å². The average Bonchev–Trinajstić information content (AvgIpc) is 2.30. The molecule has 0 bridgehead atoms. The standard InChI is InChI=1S/C7H13BSSe/c1-4-6-7(5-2)10-9-8(6)3/h4-5H2,1-3H3. The van der Waals surface area contributed by atoms with Gasteiger partial charge in [0.05, 0.1) is 0 Å². The van der Waals surface area contributed by atoms with Crippen LogP contribution in [0.15, 0.2) is 9.94 Å². The van der Waals surface area contributed by atoms with Crippen LogP contribution in [0.4, 0.5) is 0 Å². The summed E-state index contributed by atoms with van der Waals surface area (Å²) in [6.07, 6.45) is 2.57. The predicted molar refractivity (Wildman–Crippen MR) is 52.6 cm³/mol. The minimum atomic E-state index is 0.777. The molecule has 3 heteroatoms. The monoisotopic (exact) mass is 220 g/mol. The van der Waals surface area contributed by atoms with E-state index in [2.05, 4.69) is 30.7 Å². The Kier molecular flexibility index (Phi) is 3.41. The van der Waals surface area contributed by atoms with Crippen molar-refractivity contribution in [3.63, 3.8) is 0 Å². The molecule has 1 heterocycles. The normalized spacial score (nSPS) is 18.9. The summed E-state index contributed by atoms with van der Waals surface area (Å²) < 4.78 is 1.77. The van der Waals surface area contributed by atoms with E-state index in [1.165, 1.54) is 12.8 Å². The van der Waals surface area contributed by atoms with Crippen LogP contribution in [0, 0.1) is 0 Å². The number of rotatable bonds is 2. The first-order chi connectivity index (χ1) is 4.79. The van der Waals surface area contributed by atoms with Crippen molar-refractivity contribution in [3.8, 4) is 0 Å². The van der Waals surface area contributed by atoms with Crippen LogP contribution in [-0.4, -0.2) is 19.8 Å². The van der Waals surface area contributed by atoms with Gasteiger partial charge in [0.25, 0.3) is 0 Å². The average molecular weight is 219 g/mol. The van der Waals surface area contributed by atoms with E-state index in [-0.39, 0.29) is 0 Å². The summed E-state index contributed by atoms with van der Waals surface area (Å²) in [6.45, 7) is 6.91. The van der Waals surface area contributed by atoms with Gasteiger partial charge in [-0.2, -0.15) is 0 Å². The third kappa shape index (κ3) is 1.64. The van der Waals surface area contributed by atoms with Crippen molar-refractivity contribution < 1.29 is 0 Å². The Labute approximate surface area is 73.4 Å². The SMILES string of the molecule is CCC1=C(CC)B(C)S[Se]1. The molecule has 0 N–H and O–H groups in total. The van der Waals surface area contributed by atoms with Crippen LogP contribution in [0.5, 0.6) is 0 Å². The second kappa shape index (κ2) is 3.89. The Hall–Kier alpha value is 0.674. The first kappa shape index (κ1) is 8.77. The maximum absolute atomic E-state index is 2.34. The third-order valence-corrected chi connectivity index (χ3v) is 7.56. The van der Waals surface area contributed by atoms with E-state index < -0.39 is 0 Å². The van der Waals surface area contributed by atoms with Crippen LogP contribution in [-0.2, 0) is 0 Å². The molecule has 1 rings (SSSR count). The zero-order chi connectivity index (χ0) is 7.56. The van der Waals surface area contributed by atoms with Gasteiger partial charge in [-0.1, -0.05) is 0 Å². The maximum atomic E-state index is 2.34. The van der Waals surface area contributed by atoms with E-state index in [1.807, 2.05) is 0 Å². The van der Waals surface area contributed by atoms with E-state index in [0.29, 0.717) is 0 Å². The molecule has 0 unspecified atom stereocenters. The molecule has 56 valence electrons. The van der Waals surface area contributed by atoms with Gasteiger partial charge in [-0.3, -0.25) is 0 Å². The first-order valence-corrected chi connectivity index (χ1v) is 7.60. The van der Waals surface area contributed by atoms with Gasteiger partial charge in [0.1, 0.15) is 0 Å². The van der Waals surface area contributed by atoms with Crippen molar-refractivity contribution in [2.75, 3.05) is 0 Å². The molecule has 0 aromatic heterocycles. The second-order valence-corrected chi connectivity index (χ2v) is 6.84. The van der Waals surface area contributed by atoms with Gasteiger partial charge in [0.15, 0.2) is 0 Å². The molecule has 0 nitrogen and oxygen atoms in total. The molecule has 10 heavy (non-hydrogen) atoms. The molecule has 0 radical (unpaired) electrons. The third-order valence-electron chi connectivity index (χ3n) is 1.84. The summed E-state index contributed by atoms with van der Waals surface area (Å²) in [5.41, 5.74) is 1.74. The zero-order valence-electron chi connectivity index (χ0n) is 6.81. The fourth-order valence-corrected chi connectivity index (χ4v) is 6.78. The number of hydrogen-bond donors (Lipinski definition) is 0. The van der Waals surface area contributed by atoms with E-state index in [1.54, 1.807) is 9.94 Å². The molecular formula is C7H13BSSe. The molecule has 1 aliphatic heterocycles. The Bertz CT molecular complexity index is 156. The summed E-state index contributed by atoms with van der Waals surface area (Å²) in [6, 6.07) is 0. The van der Waals surface area contributed by atoms with E-state index in [0.717, 1.165) is 19.8 Å². The molecule has 1 aliphatic rings. The van der Waals surface area contributed by atoms with Crippen LogP contribution >= 0.6 is 10.0 Å². The van der Waals surface area contributed by atoms with Gasteiger partial charge in [-0.05, 0) is 0 Å². The van der Waals surface area contributed by atoms with Gasteiger partial charge in [-0.15, -0.1) is 0 Å². The van der Waals surface area contributed by atoms with Crippen molar-refractivity contribution >= 4 is 29.9 Å². The topological polar surface area (TPSA) is 0 Å². The van der Waals surface area contributed by atoms with E-state index in [9.17, 15) is 0 Å². The quantitative estimate of drug-likeness (QED) is 0.643. The summed E-state index contributed by atoms with van der Waals surface area (Å²) >= 11 is 0.777. The van der Waals surface area contributed by atoms with Crippen LogP contribution in [0.2, 0.25) is 6.82 Å². The Morgan fingerprint density at radius 3 is 2.50 bits per heavy atom. The molecule has 0 aliphatic carbocycles. The van der Waals surface area contributed by atoms with Crippen LogP contribution < -0.4 is 0 Å². The summed E-state index contributed by atoms with van der Waals surface area (Å²) in [4.78, 5) is 0. The Morgan fingerprint density at radius 2 is 2.10 bits per heavy atom. The van der Waals surface area contributed by atoms with Crippen LogP contribution in [0.1, 0.15) is 26.7 Å². The molecule has 0 atom stereocenters. The van der Waals surface area contributed by atoms with Gasteiger partial charge in [-0.25, -0.2) is 0 Å². The van der Waals surface area contributed by atoms with Gasteiger partial charge in [0.2, 0.25) is 0 Å². The molecule has 0 fully saturated rings. The second-order valence-electron chi connectivity index (χ2n) is 2.48. The molecular weight excluding hydrogens is 206 g/mol. The zero-order valence-corrected chi connectivity index (χ0v) is 9.34. The van der Waals surface area contributed by atoms with Crippen molar-refractivity contribution in [3.05, 3.63) is 9.94 Å². The summed E-state index contributed by atoms with van der Waals surface area (Å²) in [5, 5.41) is 0. The van der Waals surface area contributed by atoms with Crippen molar-refractivity contribution in [1.82, 2.24) is 0 Å². The number of hydrogen-bond acceptors (Lipinski definition) is 1. The number of allylic oxidation sites excluding steroid dienone is 2. The predicted octanol–water partition coefficient (Wildman–Crippen LogP) is 2.59. The van der Waals surface area contributed by atoms with Crippen LogP contribution in [0.3, 0.4) is 0 Å². The summed E-state index contributed by atoms with van der Waals surface area (Å²) in [5.74, 6) is 0.833. The fraction of sp³-hybridized carbons (Fsp3) is 0.714. The molecule has 0 saturated heterocycles. The van der Waals surface area contributed by atoms with Gasteiger partial charge < -0.3 is 0 Å². The first-order valence-electron chi connectivity index (χ1n) is 3.84. The van der Waals surface area contributed by atoms with Crippen molar-refractivity contribution in [1.29, 1.82) is 0 Å². The fourth-order valence-electron chi connectivity index (χ4n) is 1.24. The molecule has 0 aromatic rings. The van der Waals surface area contributed by atoms with E-state index in [4.69, 9.17) is 0 Å². The van der Waals surface area contributed by atoms with E-state index >= 15 is 0 Å². The summed E-state index contributed by atoms with van der Waals surface area (Å²) in [7, 11) is 2.15. The van der Waals surface area contributed by atoms with Crippen LogP contribution in [0.25, 0.3) is 0 Å². The minimum absolute atomic E-state index is 0.777. The van der Waals surface area contributed by atoms with Gasteiger partial charge >= 0.3 is 73.3 Å². The Morgan fingerprint density at radius 1 is 1.40 bits per heavy atom. The molecule has 0 saturated carbocycles. The molecule has 0 amide bonds. The van der Waals surface area contributed by atoms with Gasteiger partial charge in [0, 0.05) is 0 Å². The van der Waals surface area contributed by atoms with Crippen molar-refractivity contribution in [2.45, 2.75) is 33.5 Å².